The Morgan fingerprint density at radius 2 is 1.63 bits per heavy atom. The molecule has 2 aliphatic rings. The van der Waals surface area contributed by atoms with Gasteiger partial charge < -0.3 is 4.74 Å². The van der Waals surface area contributed by atoms with Gasteiger partial charge in [-0.15, -0.1) is 0 Å². The lowest BCUT2D eigenvalue weighted by molar-refractivity contribution is 0.0726. The summed E-state index contributed by atoms with van der Waals surface area (Å²) in [5.74, 6) is 0. The van der Waals surface area contributed by atoms with E-state index in [0.29, 0.717) is 5.54 Å². The van der Waals surface area contributed by atoms with Gasteiger partial charge in [-0.3, -0.25) is 4.90 Å². The fourth-order valence-corrected chi connectivity index (χ4v) is 3.40. The highest BCUT2D eigenvalue weighted by Gasteiger charge is 2.49. The van der Waals surface area contributed by atoms with Crippen LogP contribution < -0.4 is 0 Å². The van der Waals surface area contributed by atoms with Gasteiger partial charge >= 0.3 is 0 Å². The van der Waals surface area contributed by atoms with Crippen molar-refractivity contribution in [2.24, 2.45) is 0 Å². The summed E-state index contributed by atoms with van der Waals surface area (Å²) in [4.78, 5) is 2.61. The Hall–Kier alpha value is -1.38. The van der Waals surface area contributed by atoms with Crippen LogP contribution in [0, 0.1) is 0 Å². The predicted molar refractivity (Wildman–Crippen MR) is 77.0 cm³/mol. The molecule has 0 bridgehead atoms. The maximum Gasteiger partial charge on any atom is 0.0646 e. The smallest absolute Gasteiger partial charge is 0.0646 e. The highest BCUT2D eigenvalue weighted by Crippen LogP contribution is 2.46. The van der Waals surface area contributed by atoms with Crippen LogP contribution in [0.1, 0.15) is 24.0 Å². The number of hydrogen-bond donors (Lipinski definition) is 0. The summed E-state index contributed by atoms with van der Waals surface area (Å²) in [5.41, 5.74) is 3.34. The highest BCUT2D eigenvalue weighted by molar-refractivity contribution is 5.84. The maximum atomic E-state index is 5.42. The minimum absolute atomic E-state index is 0.333. The fraction of sp³-hybridized carbons (Fsp3) is 0.412. The van der Waals surface area contributed by atoms with E-state index in [1.54, 1.807) is 0 Å². The van der Waals surface area contributed by atoms with E-state index in [1.807, 2.05) is 7.11 Å². The summed E-state index contributed by atoms with van der Waals surface area (Å²) in [7, 11) is 1.82. The zero-order valence-electron chi connectivity index (χ0n) is 11.4. The van der Waals surface area contributed by atoms with Gasteiger partial charge in [-0.1, -0.05) is 24.3 Å². The molecule has 2 aromatic carbocycles. The molecule has 0 aromatic heterocycles. The first-order valence-corrected chi connectivity index (χ1v) is 7.05. The van der Waals surface area contributed by atoms with Crippen molar-refractivity contribution in [3.05, 3.63) is 47.5 Å². The lowest BCUT2D eigenvalue weighted by atomic mass is 10.0. The Balaban J connectivity index is 1.68. The number of fused-ring (bicyclic) bond motifs is 2. The minimum Gasteiger partial charge on any atom is -0.383 e. The lowest BCUT2D eigenvalue weighted by Gasteiger charge is -2.26. The van der Waals surface area contributed by atoms with E-state index in [0.717, 1.165) is 19.7 Å². The quantitative estimate of drug-likeness (QED) is 0.832. The molecular weight excluding hydrogens is 234 g/mol. The van der Waals surface area contributed by atoms with Gasteiger partial charge in [-0.2, -0.15) is 0 Å². The summed E-state index contributed by atoms with van der Waals surface area (Å²) in [6.45, 7) is 3.05. The average molecular weight is 253 g/mol. The SMILES string of the molecule is COCC1(N2Cc3cc4ccccc4cc3C2)CC1. The molecule has 2 heteroatoms. The molecule has 0 N–H and O–H groups in total. The van der Waals surface area contributed by atoms with Gasteiger partial charge in [0.05, 0.1) is 6.61 Å². The third kappa shape index (κ3) is 1.78. The van der Waals surface area contributed by atoms with Crippen molar-refractivity contribution >= 4 is 10.8 Å². The van der Waals surface area contributed by atoms with E-state index in [-0.39, 0.29) is 0 Å². The molecule has 2 nitrogen and oxygen atoms in total. The van der Waals surface area contributed by atoms with E-state index >= 15 is 0 Å². The van der Waals surface area contributed by atoms with Crippen LogP contribution in [-0.4, -0.2) is 24.2 Å². The zero-order chi connectivity index (χ0) is 12.9. The third-order valence-corrected chi connectivity index (χ3v) is 4.70. The number of ether oxygens (including phenoxy) is 1. The van der Waals surface area contributed by atoms with Crippen molar-refractivity contribution in [2.45, 2.75) is 31.5 Å². The molecule has 0 spiro atoms. The van der Waals surface area contributed by atoms with Crippen LogP contribution in [0.5, 0.6) is 0 Å². The molecule has 0 amide bonds. The molecule has 2 aromatic rings. The van der Waals surface area contributed by atoms with Crippen molar-refractivity contribution in [1.82, 2.24) is 4.90 Å². The van der Waals surface area contributed by atoms with Gasteiger partial charge in [0.1, 0.15) is 0 Å². The van der Waals surface area contributed by atoms with Crippen LogP contribution in [0.3, 0.4) is 0 Å². The largest absolute Gasteiger partial charge is 0.383 e. The second-order valence-electron chi connectivity index (χ2n) is 5.98. The number of benzene rings is 2. The van der Waals surface area contributed by atoms with Crippen molar-refractivity contribution < 1.29 is 4.74 Å². The Morgan fingerprint density at radius 3 is 2.11 bits per heavy atom. The molecule has 1 saturated carbocycles. The third-order valence-electron chi connectivity index (χ3n) is 4.70. The van der Waals surface area contributed by atoms with Crippen LogP contribution in [0.4, 0.5) is 0 Å². The molecule has 1 fully saturated rings. The monoisotopic (exact) mass is 253 g/mol. The molecule has 0 unspecified atom stereocenters. The van der Waals surface area contributed by atoms with E-state index < -0.39 is 0 Å². The molecule has 1 heterocycles. The van der Waals surface area contributed by atoms with E-state index in [2.05, 4.69) is 41.3 Å². The second kappa shape index (κ2) is 4.06. The van der Waals surface area contributed by atoms with Crippen LogP contribution in [0.15, 0.2) is 36.4 Å². The summed E-state index contributed by atoms with van der Waals surface area (Å²) >= 11 is 0. The van der Waals surface area contributed by atoms with E-state index in [4.69, 9.17) is 4.74 Å². The molecule has 4 rings (SSSR count). The van der Waals surface area contributed by atoms with E-state index in [9.17, 15) is 0 Å². The normalized spacial score (nSPS) is 20.7. The van der Waals surface area contributed by atoms with Crippen LogP contribution in [0.25, 0.3) is 10.8 Å². The van der Waals surface area contributed by atoms with Crippen molar-refractivity contribution in [3.8, 4) is 0 Å². The van der Waals surface area contributed by atoms with E-state index in [1.165, 1.54) is 34.7 Å². The molecular formula is C17H19NO. The van der Waals surface area contributed by atoms with Crippen LogP contribution >= 0.6 is 0 Å². The number of nitrogens with zero attached hydrogens (tertiary/aromatic N) is 1. The minimum atomic E-state index is 0.333. The molecule has 0 saturated heterocycles. The van der Waals surface area contributed by atoms with Gasteiger partial charge in [0.2, 0.25) is 0 Å². The van der Waals surface area contributed by atoms with Gasteiger partial charge in [0.25, 0.3) is 0 Å². The molecule has 0 atom stereocenters. The van der Waals surface area contributed by atoms with Gasteiger partial charge in [-0.05, 0) is 46.9 Å². The molecule has 98 valence electrons. The van der Waals surface area contributed by atoms with Crippen molar-refractivity contribution in [2.75, 3.05) is 13.7 Å². The first-order chi connectivity index (χ1) is 9.31. The Labute approximate surface area is 114 Å². The van der Waals surface area contributed by atoms with Crippen LogP contribution in [0.2, 0.25) is 0 Å². The summed E-state index contributed by atoms with van der Waals surface area (Å²) in [6.07, 6.45) is 2.57. The second-order valence-corrected chi connectivity index (χ2v) is 5.98. The first kappa shape index (κ1) is 11.4. The fourth-order valence-electron chi connectivity index (χ4n) is 3.40. The Kier molecular flexibility index (Phi) is 2.44. The van der Waals surface area contributed by atoms with Gasteiger partial charge in [0.15, 0.2) is 0 Å². The van der Waals surface area contributed by atoms with Crippen LogP contribution in [-0.2, 0) is 17.8 Å². The predicted octanol–water partition coefficient (Wildman–Crippen LogP) is 3.33. The van der Waals surface area contributed by atoms with Gasteiger partial charge in [0, 0.05) is 25.7 Å². The maximum absolute atomic E-state index is 5.42. The number of hydrogen-bond acceptors (Lipinski definition) is 2. The van der Waals surface area contributed by atoms with Crippen molar-refractivity contribution in [3.63, 3.8) is 0 Å². The summed E-state index contributed by atoms with van der Waals surface area (Å²) < 4.78 is 5.42. The molecule has 0 radical (unpaired) electrons. The number of rotatable bonds is 3. The standard InChI is InChI=1S/C17H19NO/c1-19-12-17(6-7-17)18-10-15-8-13-4-2-3-5-14(13)9-16(15)11-18/h2-5,8-9H,6-7,10-12H2,1H3. The molecule has 1 aliphatic heterocycles. The Morgan fingerprint density at radius 1 is 1.05 bits per heavy atom. The average Bonchev–Trinajstić information content (AvgIpc) is 3.09. The molecule has 19 heavy (non-hydrogen) atoms. The molecule has 1 aliphatic carbocycles. The van der Waals surface area contributed by atoms with Crippen molar-refractivity contribution in [1.29, 1.82) is 0 Å². The number of methoxy groups -OCH3 is 1. The summed E-state index contributed by atoms with van der Waals surface area (Å²) in [6, 6.07) is 13.4. The lowest BCUT2D eigenvalue weighted by Crippen LogP contribution is -2.36. The highest BCUT2D eigenvalue weighted by atomic mass is 16.5. The summed E-state index contributed by atoms with van der Waals surface area (Å²) in [5, 5.41) is 2.72. The zero-order valence-corrected chi connectivity index (χ0v) is 11.4. The Bertz CT molecular complexity index is 586. The first-order valence-electron chi connectivity index (χ1n) is 7.05. The topological polar surface area (TPSA) is 12.5 Å². The van der Waals surface area contributed by atoms with Gasteiger partial charge in [-0.25, -0.2) is 0 Å².